The van der Waals surface area contributed by atoms with E-state index >= 15 is 0 Å². The van der Waals surface area contributed by atoms with Crippen molar-refractivity contribution in [2.75, 3.05) is 30.9 Å². The van der Waals surface area contributed by atoms with Crippen LogP contribution < -0.4 is 14.8 Å². The molecule has 196 valence electrons. The van der Waals surface area contributed by atoms with Gasteiger partial charge in [-0.25, -0.2) is 8.42 Å². The molecule has 0 aliphatic carbocycles. The number of amides is 1. The fraction of sp³-hybridized carbons (Fsp3) is 0.296. The molecular weight excluding hydrogens is 533 g/mol. The van der Waals surface area contributed by atoms with Crippen LogP contribution in [0.4, 0.5) is 5.69 Å². The monoisotopic (exact) mass is 561 g/mol. The van der Waals surface area contributed by atoms with Crippen molar-refractivity contribution >= 4 is 44.8 Å². The quantitative estimate of drug-likeness (QED) is 0.288. The summed E-state index contributed by atoms with van der Waals surface area (Å²) < 4.78 is 34.5. The van der Waals surface area contributed by atoms with Crippen molar-refractivity contribution in [2.24, 2.45) is 0 Å². The number of piperidine rings is 1. The number of ether oxygens (including phenoxy) is 1. The molecule has 10 heteroatoms. The molecule has 0 saturated carbocycles. The topological polar surface area (TPSA) is 87.7 Å². The van der Waals surface area contributed by atoms with Crippen molar-refractivity contribution in [3.8, 4) is 11.5 Å². The summed E-state index contributed by atoms with van der Waals surface area (Å²) in [7, 11) is -3.94. The van der Waals surface area contributed by atoms with Crippen LogP contribution in [0.2, 0.25) is 10.0 Å². The third-order valence-electron chi connectivity index (χ3n) is 6.06. The van der Waals surface area contributed by atoms with E-state index in [1.807, 2.05) is 0 Å². The van der Waals surface area contributed by atoms with E-state index in [1.54, 1.807) is 36.4 Å². The molecule has 1 fully saturated rings. The first-order chi connectivity index (χ1) is 17.8. The van der Waals surface area contributed by atoms with E-state index in [2.05, 4.69) is 14.9 Å². The van der Waals surface area contributed by atoms with E-state index in [1.165, 1.54) is 49.6 Å². The van der Waals surface area contributed by atoms with E-state index in [-0.39, 0.29) is 22.2 Å². The lowest BCUT2D eigenvalue weighted by Crippen LogP contribution is -2.33. The average molecular weight is 563 g/mol. The van der Waals surface area contributed by atoms with Crippen molar-refractivity contribution in [3.63, 3.8) is 0 Å². The largest absolute Gasteiger partial charge is 0.454 e. The molecule has 4 rings (SSSR count). The maximum atomic E-state index is 13.0. The summed E-state index contributed by atoms with van der Waals surface area (Å²) in [5.74, 6) is 0.383. The number of para-hydroxylation sites is 2. The number of benzene rings is 3. The molecule has 1 aliphatic heterocycles. The van der Waals surface area contributed by atoms with E-state index in [4.69, 9.17) is 27.9 Å². The average Bonchev–Trinajstić information content (AvgIpc) is 2.90. The summed E-state index contributed by atoms with van der Waals surface area (Å²) in [5.41, 5.74) is 0.641. The number of nitrogens with one attached hydrogen (secondary N) is 2. The first-order valence-electron chi connectivity index (χ1n) is 12.2. The van der Waals surface area contributed by atoms with Gasteiger partial charge in [0.15, 0.2) is 5.75 Å². The lowest BCUT2D eigenvalue weighted by atomic mass is 10.1. The van der Waals surface area contributed by atoms with Crippen LogP contribution in [0, 0.1) is 0 Å². The molecule has 3 aromatic rings. The number of halogens is 2. The second kappa shape index (κ2) is 12.6. The van der Waals surface area contributed by atoms with Gasteiger partial charge in [0, 0.05) is 17.1 Å². The van der Waals surface area contributed by atoms with Crippen molar-refractivity contribution in [1.82, 2.24) is 10.2 Å². The van der Waals surface area contributed by atoms with Gasteiger partial charge < -0.3 is 15.0 Å². The van der Waals surface area contributed by atoms with Gasteiger partial charge in [0.25, 0.3) is 15.9 Å². The molecule has 2 N–H and O–H groups in total. The van der Waals surface area contributed by atoms with E-state index < -0.39 is 10.0 Å². The van der Waals surface area contributed by atoms with Gasteiger partial charge >= 0.3 is 0 Å². The minimum absolute atomic E-state index is 0.0217. The molecule has 7 nitrogen and oxygen atoms in total. The molecule has 0 aromatic heterocycles. The van der Waals surface area contributed by atoms with Crippen LogP contribution in [0.15, 0.2) is 71.6 Å². The first-order valence-corrected chi connectivity index (χ1v) is 14.4. The predicted octanol–water partition coefficient (Wildman–Crippen LogP) is 6.19. The number of sulfonamides is 1. The molecular formula is C27H29Cl2N3O4S. The Morgan fingerprint density at radius 2 is 1.65 bits per heavy atom. The van der Waals surface area contributed by atoms with Crippen molar-refractivity contribution in [2.45, 2.75) is 30.6 Å². The molecule has 0 bridgehead atoms. The van der Waals surface area contributed by atoms with Crippen LogP contribution in [0.5, 0.6) is 11.5 Å². The summed E-state index contributed by atoms with van der Waals surface area (Å²) in [6.07, 6.45) is 4.66. The zero-order valence-electron chi connectivity index (χ0n) is 20.3. The van der Waals surface area contributed by atoms with Crippen LogP contribution >= 0.6 is 23.2 Å². The normalized spacial score (nSPS) is 14.2. The third-order valence-corrected chi connectivity index (χ3v) is 7.97. The number of nitrogens with zero attached hydrogens (tertiary/aromatic N) is 1. The third kappa shape index (κ3) is 7.61. The summed E-state index contributed by atoms with van der Waals surface area (Å²) in [4.78, 5) is 14.9. The van der Waals surface area contributed by atoms with E-state index in [0.29, 0.717) is 27.9 Å². The maximum absolute atomic E-state index is 13.0. The highest BCUT2D eigenvalue weighted by Crippen LogP contribution is 2.35. The highest BCUT2D eigenvalue weighted by atomic mass is 35.5. The van der Waals surface area contributed by atoms with Gasteiger partial charge in [-0.1, -0.05) is 41.8 Å². The zero-order valence-corrected chi connectivity index (χ0v) is 22.6. The number of rotatable bonds is 10. The van der Waals surface area contributed by atoms with Crippen LogP contribution in [0.3, 0.4) is 0 Å². The fourth-order valence-electron chi connectivity index (χ4n) is 4.10. The van der Waals surface area contributed by atoms with Crippen LogP contribution in [0.25, 0.3) is 0 Å². The molecule has 0 atom stereocenters. The molecule has 1 saturated heterocycles. The maximum Gasteiger partial charge on any atom is 0.262 e. The number of carbonyl (C=O) groups excluding carboxylic acids is 1. The van der Waals surface area contributed by atoms with Gasteiger partial charge in [0.05, 0.1) is 15.6 Å². The number of anilines is 1. The Balaban J connectivity index is 1.36. The molecule has 0 unspecified atom stereocenters. The Labute approximate surface area is 227 Å². The SMILES string of the molecule is O=C(NCCCN1CCCCC1)c1ccc(S(=O)(=O)Nc2ccccc2Oc2ccc(Cl)cc2Cl)cc1. The number of carbonyl (C=O) groups is 1. The fourth-order valence-corrected chi connectivity index (χ4v) is 5.61. The molecule has 1 aliphatic rings. The highest BCUT2D eigenvalue weighted by molar-refractivity contribution is 7.92. The molecule has 1 amide bonds. The number of likely N-dealkylation sites (tertiary alicyclic amines) is 1. The Morgan fingerprint density at radius 1 is 0.919 bits per heavy atom. The summed E-state index contributed by atoms with van der Waals surface area (Å²) in [6.45, 7) is 3.80. The summed E-state index contributed by atoms with van der Waals surface area (Å²) in [6, 6.07) is 17.2. The second-order valence-corrected chi connectivity index (χ2v) is 11.3. The summed E-state index contributed by atoms with van der Waals surface area (Å²) in [5, 5.41) is 3.66. The Morgan fingerprint density at radius 3 is 2.38 bits per heavy atom. The Bertz CT molecular complexity index is 1330. The smallest absolute Gasteiger partial charge is 0.262 e. The number of hydrogen-bond donors (Lipinski definition) is 2. The van der Waals surface area contributed by atoms with Crippen LogP contribution in [-0.2, 0) is 10.0 Å². The standard InChI is InChI=1S/C27H29Cl2N3O4S/c28-21-11-14-25(23(29)19-21)36-26-8-3-2-7-24(26)31-37(34,35)22-12-9-20(10-13-22)27(33)30-15-6-18-32-16-4-1-5-17-32/h2-3,7-14,19,31H,1,4-6,15-18H2,(H,30,33). The van der Waals surface area contributed by atoms with Gasteiger partial charge in [-0.05, 0) is 93.5 Å². The van der Waals surface area contributed by atoms with E-state index in [0.717, 1.165) is 26.1 Å². The van der Waals surface area contributed by atoms with E-state index in [9.17, 15) is 13.2 Å². The van der Waals surface area contributed by atoms with Crippen molar-refractivity contribution < 1.29 is 17.9 Å². The van der Waals surface area contributed by atoms with Gasteiger partial charge in [-0.2, -0.15) is 0 Å². The summed E-state index contributed by atoms with van der Waals surface area (Å²) >= 11 is 12.1. The van der Waals surface area contributed by atoms with Crippen molar-refractivity contribution in [1.29, 1.82) is 0 Å². The number of hydrogen-bond acceptors (Lipinski definition) is 5. The van der Waals surface area contributed by atoms with Gasteiger partial charge in [0.1, 0.15) is 5.75 Å². The lowest BCUT2D eigenvalue weighted by molar-refractivity contribution is 0.0951. The lowest BCUT2D eigenvalue weighted by Gasteiger charge is -2.26. The van der Waals surface area contributed by atoms with Gasteiger partial charge in [-0.15, -0.1) is 0 Å². The first kappa shape index (κ1) is 27.3. The molecule has 1 heterocycles. The molecule has 37 heavy (non-hydrogen) atoms. The highest BCUT2D eigenvalue weighted by Gasteiger charge is 2.18. The van der Waals surface area contributed by atoms with Gasteiger partial charge in [0.2, 0.25) is 0 Å². The molecule has 0 radical (unpaired) electrons. The van der Waals surface area contributed by atoms with Gasteiger partial charge in [-0.3, -0.25) is 9.52 Å². The minimum Gasteiger partial charge on any atom is -0.454 e. The predicted molar refractivity (Wildman–Crippen MR) is 147 cm³/mol. The van der Waals surface area contributed by atoms with Crippen molar-refractivity contribution in [3.05, 3.63) is 82.3 Å². The van der Waals surface area contributed by atoms with Crippen LogP contribution in [0.1, 0.15) is 36.0 Å². The zero-order chi connectivity index (χ0) is 26.3. The minimum atomic E-state index is -3.94. The van der Waals surface area contributed by atoms with Crippen LogP contribution in [-0.4, -0.2) is 45.4 Å². The molecule has 3 aromatic carbocycles. The Hall–Kier alpha value is -2.78. The second-order valence-electron chi connectivity index (χ2n) is 8.81. The Kier molecular flexibility index (Phi) is 9.32. The molecule has 0 spiro atoms.